The molecule has 162 valence electrons. The molecule has 2 aromatic carbocycles. The highest BCUT2D eigenvalue weighted by Gasteiger charge is 2.25. The van der Waals surface area contributed by atoms with Crippen LogP contribution in [0.5, 0.6) is 0 Å². The molecule has 3 rings (SSSR count). The number of thioether (sulfide) groups is 1. The van der Waals surface area contributed by atoms with Crippen LogP contribution in [0.2, 0.25) is 0 Å². The fraction of sp³-hybridized carbons (Fsp3) is 0.143. The molecule has 3 aromatic rings. The van der Waals surface area contributed by atoms with E-state index in [0.29, 0.717) is 9.77 Å². The minimum atomic E-state index is -3.90. The molecule has 0 aliphatic heterocycles. The van der Waals surface area contributed by atoms with Crippen molar-refractivity contribution in [2.24, 2.45) is 10.7 Å². The molecular weight excluding hydrogens is 456 g/mol. The normalized spacial score (nSPS) is 12.2. The Kier molecular flexibility index (Phi) is 6.85. The summed E-state index contributed by atoms with van der Waals surface area (Å²) in [5.74, 6) is -0.251. The smallest absolute Gasteiger partial charge is 0.433 e. The number of sulfone groups is 1. The van der Waals surface area contributed by atoms with Crippen LogP contribution >= 0.6 is 23.1 Å². The van der Waals surface area contributed by atoms with Gasteiger partial charge in [-0.25, -0.2) is 13.2 Å². The van der Waals surface area contributed by atoms with Gasteiger partial charge in [0.05, 0.1) is 25.5 Å². The summed E-state index contributed by atoms with van der Waals surface area (Å²) in [6, 6.07) is 13.5. The van der Waals surface area contributed by atoms with E-state index in [1.54, 1.807) is 18.4 Å². The van der Waals surface area contributed by atoms with Gasteiger partial charge in [-0.05, 0) is 59.7 Å². The number of thiophene rings is 1. The number of benzene rings is 2. The molecule has 1 amide bonds. The zero-order chi connectivity index (χ0) is 22.8. The van der Waals surface area contributed by atoms with Gasteiger partial charge in [-0.3, -0.25) is 0 Å². The molecule has 0 atom stereocenters. The van der Waals surface area contributed by atoms with E-state index < -0.39 is 15.9 Å². The molecule has 0 aliphatic rings. The molecule has 0 aliphatic carbocycles. The zero-order valence-corrected chi connectivity index (χ0v) is 19.1. The van der Waals surface area contributed by atoms with Gasteiger partial charge in [0.25, 0.3) is 0 Å². The van der Waals surface area contributed by atoms with Crippen LogP contribution in [-0.2, 0) is 16.4 Å². The molecule has 31 heavy (non-hydrogen) atoms. The zero-order valence-electron chi connectivity index (χ0n) is 16.7. The second-order valence-corrected chi connectivity index (χ2v) is 10.6. The van der Waals surface area contributed by atoms with Crippen LogP contribution in [-0.4, -0.2) is 36.8 Å². The molecule has 7 nitrogen and oxygen atoms in total. The monoisotopic (exact) mass is 476 g/mol. The van der Waals surface area contributed by atoms with Crippen LogP contribution in [0.3, 0.4) is 0 Å². The van der Waals surface area contributed by atoms with Crippen LogP contribution in [0.4, 0.5) is 4.79 Å². The Morgan fingerprint density at radius 3 is 2.58 bits per heavy atom. The number of aliphatic hydroxyl groups is 1. The predicted octanol–water partition coefficient (Wildman–Crippen LogP) is 4.15. The van der Waals surface area contributed by atoms with Gasteiger partial charge in [0.1, 0.15) is 5.84 Å². The van der Waals surface area contributed by atoms with Gasteiger partial charge in [-0.2, -0.15) is 4.99 Å². The number of nitrogens with zero attached hydrogens (tertiary/aromatic N) is 1. The summed E-state index contributed by atoms with van der Waals surface area (Å²) in [4.78, 5) is 14.5. The minimum absolute atomic E-state index is 0.0570. The van der Waals surface area contributed by atoms with Crippen molar-refractivity contribution in [2.75, 3.05) is 6.26 Å². The third-order valence-corrected chi connectivity index (χ3v) is 8.88. The molecule has 0 unspecified atom stereocenters. The third-order valence-electron chi connectivity index (χ3n) is 4.55. The SMILES string of the molecule is CSc1sc(/C(N)=N\C(=O)O)cc1S(=O)(=O)c1cccc(-c2cc(CO)ccc2C)c1. The van der Waals surface area contributed by atoms with Gasteiger partial charge in [-0.15, -0.1) is 23.1 Å². The lowest BCUT2D eigenvalue weighted by Crippen LogP contribution is -2.13. The van der Waals surface area contributed by atoms with Crippen LogP contribution in [0.15, 0.2) is 67.5 Å². The number of aryl methyl sites for hydroxylation is 1. The Bertz CT molecular complexity index is 1280. The van der Waals surface area contributed by atoms with E-state index in [1.165, 1.54) is 23.9 Å². The number of hydrogen-bond donors (Lipinski definition) is 3. The quantitative estimate of drug-likeness (QED) is 0.277. The van der Waals surface area contributed by atoms with Crippen molar-refractivity contribution in [3.05, 3.63) is 64.5 Å². The number of carboxylic acid groups (broad SMARTS) is 1. The van der Waals surface area contributed by atoms with Gasteiger partial charge < -0.3 is 15.9 Å². The number of carbonyl (C=O) groups is 1. The lowest BCUT2D eigenvalue weighted by Gasteiger charge is -2.11. The van der Waals surface area contributed by atoms with Crippen molar-refractivity contribution in [1.29, 1.82) is 0 Å². The molecule has 1 aromatic heterocycles. The highest BCUT2D eigenvalue weighted by Crippen LogP contribution is 2.38. The maximum Gasteiger partial charge on any atom is 0.433 e. The molecule has 0 spiro atoms. The molecule has 0 saturated heterocycles. The largest absolute Gasteiger partial charge is 0.463 e. The maximum absolute atomic E-state index is 13.4. The van der Waals surface area contributed by atoms with E-state index in [9.17, 15) is 18.3 Å². The first-order valence-corrected chi connectivity index (χ1v) is 12.5. The van der Waals surface area contributed by atoms with Crippen molar-refractivity contribution in [2.45, 2.75) is 27.5 Å². The molecule has 0 bridgehead atoms. The van der Waals surface area contributed by atoms with Crippen molar-refractivity contribution in [3.63, 3.8) is 0 Å². The number of nitrogens with two attached hydrogens (primary N) is 1. The third kappa shape index (κ3) is 4.82. The van der Waals surface area contributed by atoms with Crippen LogP contribution < -0.4 is 5.73 Å². The van der Waals surface area contributed by atoms with Gasteiger partial charge in [0.15, 0.2) is 0 Å². The van der Waals surface area contributed by atoms with E-state index >= 15 is 0 Å². The van der Waals surface area contributed by atoms with Gasteiger partial charge in [-0.1, -0.05) is 24.3 Å². The number of rotatable bonds is 6. The molecule has 0 saturated carbocycles. The second-order valence-electron chi connectivity index (χ2n) is 6.58. The lowest BCUT2D eigenvalue weighted by atomic mass is 9.98. The standard InChI is InChI=1S/C21H20N2O5S3/c1-12-6-7-13(11-24)8-16(12)14-4-3-5-15(9-14)31(27,28)18-10-17(30-20(18)29-2)19(22)23-21(25)26/h3-10,24H,11H2,1-2H3,(H2,22,23)(H,25,26). The van der Waals surface area contributed by atoms with Crippen LogP contribution in [0.1, 0.15) is 16.0 Å². The molecule has 4 N–H and O–H groups in total. The Labute approximate surface area is 188 Å². The molecule has 0 fully saturated rings. The first-order chi connectivity index (χ1) is 14.7. The van der Waals surface area contributed by atoms with Gasteiger partial charge in [0.2, 0.25) is 9.84 Å². The number of hydrogen-bond acceptors (Lipinski definition) is 6. The highest BCUT2D eigenvalue weighted by molar-refractivity contribution is 8.01. The maximum atomic E-state index is 13.4. The Morgan fingerprint density at radius 2 is 1.94 bits per heavy atom. The van der Waals surface area contributed by atoms with Crippen molar-refractivity contribution < 1.29 is 23.4 Å². The van der Waals surface area contributed by atoms with Crippen molar-refractivity contribution >= 4 is 44.9 Å². The summed E-state index contributed by atoms with van der Waals surface area (Å²) >= 11 is 2.31. The molecule has 10 heteroatoms. The van der Waals surface area contributed by atoms with Gasteiger partial charge >= 0.3 is 6.09 Å². The fourth-order valence-electron chi connectivity index (χ4n) is 3.01. The first kappa shape index (κ1) is 23.0. The minimum Gasteiger partial charge on any atom is -0.463 e. The van der Waals surface area contributed by atoms with E-state index in [2.05, 4.69) is 4.99 Å². The van der Waals surface area contributed by atoms with E-state index in [4.69, 9.17) is 10.8 Å². The number of amides is 1. The summed E-state index contributed by atoms with van der Waals surface area (Å²) < 4.78 is 27.3. The predicted molar refractivity (Wildman–Crippen MR) is 123 cm³/mol. The Morgan fingerprint density at radius 1 is 1.19 bits per heavy atom. The first-order valence-electron chi connectivity index (χ1n) is 8.98. The summed E-state index contributed by atoms with van der Waals surface area (Å²) in [6.45, 7) is 1.80. The molecule has 1 heterocycles. The molecular formula is C21H20N2O5S3. The highest BCUT2D eigenvalue weighted by atomic mass is 32.2. The van der Waals surface area contributed by atoms with Gasteiger partial charge in [0, 0.05) is 0 Å². The van der Waals surface area contributed by atoms with E-state index in [0.717, 1.165) is 28.0 Å². The lowest BCUT2D eigenvalue weighted by molar-refractivity contribution is 0.205. The summed E-state index contributed by atoms with van der Waals surface area (Å²) in [6.07, 6.45) is 0.286. The van der Waals surface area contributed by atoms with E-state index in [-0.39, 0.29) is 27.1 Å². The summed E-state index contributed by atoms with van der Waals surface area (Å²) in [5, 5.41) is 18.3. The average Bonchev–Trinajstić information content (AvgIpc) is 3.19. The number of aliphatic imine (C=N–C) groups is 1. The fourth-order valence-corrected chi connectivity index (χ4v) is 6.95. The number of amidine groups is 1. The second kappa shape index (κ2) is 9.23. The molecule has 0 radical (unpaired) electrons. The van der Waals surface area contributed by atoms with Crippen molar-refractivity contribution in [3.8, 4) is 11.1 Å². The van der Waals surface area contributed by atoms with E-state index in [1.807, 2.05) is 31.2 Å². The summed E-state index contributed by atoms with van der Waals surface area (Å²) in [7, 11) is -3.90. The average molecular weight is 477 g/mol. The number of aliphatic hydroxyl groups excluding tert-OH is 1. The van der Waals surface area contributed by atoms with Crippen LogP contribution in [0.25, 0.3) is 11.1 Å². The van der Waals surface area contributed by atoms with Crippen molar-refractivity contribution in [1.82, 2.24) is 0 Å². The topological polar surface area (TPSA) is 130 Å². The Balaban J connectivity index is 2.11. The summed E-state index contributed by atoms with van der Waals surface area (Å²) in [5.41, 5.74) is 8.94. The van der Waals surface area contributed by atoms with Crippen LogP contribution in [0, 0.1) is 6.92 Å². The Hall–Kier alpha value is -2.66.